The SMILES string of the molecule is CCCCOCCNC(=O)C(CN)c1ccccc1. The molecule has 0 heterocycles. The average Bonchev–Trinajstić information content (AvgIpc) is 2.45. The van der Waals surface area contributed by atoms with E-state index in [1.54, 1.807) is 0 Å². The molecule has 0 saturated carbocycles. The van der Waals surface area contributed by atoms with Crippen LogP contribution in [0.2, 0.25) is 0 Å². The number of hydrogen-bond donors (Lipinski definition) is 2. The van der Waals surface area contributed by atoms with Crippen LogP contribution in [0.15, 0.2) is 30.3 Å². The zero-order valence-corrected chi connectivity index (χ0v) is 11.6. The summed E-state index contributed by atoms with van der Waals surface area (Å²) in [6.45, 7) is 4.28. The monoisotopic (exact) mass is 264 g/mol. The van der Waals surface area contributed by atoms with Gasteiger partial charge in [-0.3, -0.25) is 4.79 Å². The Morgan fingerprint density at radius 2 is 2.05 bits per heavy atom. The van der Waals surface area contributed by atoms with E-state index in [2.05, 4.69) is 12.2 Å². The minimum atomic E-state index is -0.281. The van der Waals surface area contributed by atoms with Gasteiger partial charge < -0.3 is 15.8 Å². The predicted molar refractivity (Wildman–Crippen MR) is 77.0 cm³/mol. The van der Waals surface area contributed by atoms with Crippen LogP contribution in [-0.2, 0) is 9.53 Å². The molecular weight excluding hydrogens is 240 g/mol. The molecule has 0 saturated heterocycles. The lowest BCUT2D eigenvalue weighted by molar-refractivity contribution is -0.122. The first-order chi connectivity index (χ1) is 9.29. The third-order valence-electron chi connectivity index (χ3n) is 2.94. The fourth-order valence-electron chi connectivity index (χ4n) is 1.80. The Morgan fingerprint density at radius 3 is 2.68 bits per heavy atom. The van der Waals surface area contributed by atoms with E-state index in [0.29, 0.717) is 19.7 Å². The molecule has 0 aromatic heterocycles. The van der Waals surface area contributed by atoms with E-state index in [9.17, 15) is 4.79 Å². The van der Waals surface area contributed by atoms with Crippen molar-refractivity contribution in [1.29, 1.82) is 0 Å². The van der Waals surface area contributed by atoms with Crippen LogP contribution < -0.4 is 11.1 Å². The molecule has 0 aliphatic rings. The van der Waals surface area contributed by atoms with Crippen LogP contribution in [0.1, 0.15) is 31.2 Å². The number of unbranched alkanes of at least 4 members (excludes halogenated alkanes) is 1. The summed E-state index contributed by atoms with van der Waals surface area (Å²) >= 11 is 0. The summed E-state index contributed by atoms with van der Waals surface area (Å²) < 4.78 is 5.40. The predicted octanol–water partition coefficient (Wildman–Crippen LogP) is 1.66. The lowest BCUT2D eigenvalue weighted by atomic mass is 9.98. The van der Waals surface area contributed by atoms with Crippen LogP contribution in [0.5, 0.6) is 0 Å². The Morgan fingerprint density at radius 1 is 1.32 bits per heavy atom. The van der Waals surface area contributed by atoms with Crippen molar-refractivity contribution >= 4 is 5.91 Å². The highest BCUT2D eigenvalue weighted by Crippen LogP contribution is 2.13. The summed E-state index contributed by atoms with van der Waals surface area (Å²) in [5.41, 5.74) is 6.64. The Balaban J connectivity index is 2.31. The molecule has 0 aliphatic heterocycles. The minimum Gasteiger partial charge on any atom is -0.380 e. The van der Waals surface area contributed by atoms with Crippen molar-refractivity contribution in [3.05, 3.63) is 35.9 Å². The molecule has 0 spiro atoms. The Hall–Kier alpha value is -1.39. The first kappa shape index (κ1) is 15.7. The maximum Gasteiger partial charge on any atom is 0.228 e. The molecule has 1 rings (SSSR count). The summed E-state index contributed by atoms with van der Waals surface area (Å²) in [6, 6.07) is 9.61. The number of carbonyl (C=O) groups excluding carboxylic acids is 1. The van der Waals surface area contributed by atoms with E-state index in [4.69, 9.17) is 10.5 Å². The van der Waals surface area contributed by atoms with Gasteiger partial charge in [0.15, 0.2) is 0 Å². The summed E-state index contributed by atoms with van der Waals surface area (Å²) in [5.74, 6) is -0.315. The maximum atomic E-state index is 12.0. The van der Waals surface area contributed by atoms with Gasteiger partial charge in [0.2, 0.25) is 5.91 Å². The van der Waals surface area contributed by atoms with Crippen molar-refractivity contribution in [3.63, 3.8) is 0 Å². The molecule has 19 heavy (non-hydrogen) atoms. The van der Waals surface area contributed by atoms with Gasteiger partial charge in [0.25, 0.3) is 0 Å². The first-order valence-corrected chi connectivity index (χ1v) is 6.90. The zero-order chi connectivity index (χ0) is 13.9. The second kappa shape index (κ2) is 9.53. The van der Waals surface area contributed by atoms with E-state index in [-0.39, 0.29) is 11.8 Å². The van der Waals surface area contributed by atoms with Gasteiger partial charge >= 0.3 is 0 Å². The number of carbonyl (C=O) groups is 1. The van der Waals surface area contributed by atoms with Gasteiger partial charge in [0, 0.05) is 19.7 Å². The second-order valence-electron chi connectivity index (χ2n) is 4.46. The highest BCUT2D eigenvalue weighted by Gasteiger charge is 2.17. The lowest BCUT2D eigenvalue weighted by Gasteiger charge is -2.15. The van der Waals surface area contributed by atoms with Crippen LogP contribution in [-0.4, -0.2) is 32.2 Å². The summed E-state index contributed by atoms with van der Waals surface area (Å²) in [4.78, 5) is 12.0. The molecule has 106 valence electrons. The van der Waals surface area contributed by atoms with Gasteiger partial charge in [0.05, 0.1) is 12.5 Å². The zero-order valence-electron chi connectivity index (χ0n) is 11.6. The minimum absolute atomic E-state index is 0.0345. The number of nitrogens with two attached hydrogens (primary N) is 1. The second-order valence-corrected chi connectivity index (χ2v) is 4.46. The molecule has 0 aliphatic carbocycles. The van der Waals surface area contributed by atoms with E-state index in [1.807, 2.05) is 30.3 Å². The topological polar surface area (TPSA) is 64.3 Å². The molecule has 0 bridgehead atoms. The van der Waals surface area contributed by atoms with Gasteiger partial charge in [-0.25, -0.2) is 0 Å². The quantitative estimate of drug-likeness (QED) is 0.667. The Kier molecular flexibility index (Phi) is 7.86. The maximum absolute atomic E-state index is 12.0. The molecule has 1 aromatic carbocycles. The van der Waals surface area contributed by atoms with Crippen LogP contribution >= 0.6 is 0 Å². The fraction of sp³-hybridized carbons (Fsp3) is 0.533. The average molecular weight is 264 g/mol. The number of ether oxygens (including phenoxy) is 1. The first-order valence-electron chi connectivity index (χ1n) is 6.90. The van der Waals surface area contributed by atoms with E-state index < -0.39 is 0 Å². The molecular formula is C15H24N2O2. The molecule has 1 atom stereocenters. The number of hydrogen-bond acceptors (Lipinski definition) is 3. The van der Waals surface area contributed by atoms with Gasteiger partial charge in [-0.05, 0) is 12.0 Å². The van der Waals surface area contributed by atoms with Crippen molar-refractivity contribution < 1.29 is 9.53 Å². The molecule has 4 nitrogen and oxygen atoms in total. The number of rotatable bonds is 9. The van der Waals surface area contributed by atoms with Crippen LogP contribution in [0.4, 0.5) is 0 Å². The van der Waals surface area contributed by atoms with Crippen molar-refractivity contribution in [3.8, 4) is 0 Å². The highest BCUT2D eigenvalue weighted by atomic mass is 16.5. The van der Waals surface area contributed by atoms with Crippen LogP contribution in [0, 0.1) is 0 Å². The smallest absolute Gasteiger partial charge is 0.228 e. The lowest BCUT2D eigenvalue weighted by Crippen LogP contribution is -2.35. The third-order valence-corrected chi connectivity index (χ3v) is 2.94. The normalized spacial score (nSPS) is 12.1. The van der Waals surface area contributed by atoms with Gasteiger partial charge in [-0.15, -0.1) is 0 Å². The van der Waals surface area contributed by atoms with Crippen molar-refractivity contribution in [2.45, 2.75) is 25.7 Å². The highest BCUT2D eigenvalue weighted by molar-refractivity contribution is 5.83. The Bertz CT molecular complexity index is 354. The standard InChI is InChI=1S/C15H24N2O2/c1-2-3-10-19-11-9-17-15(18)14(12-16)13-7-5-4-6-8-13/h4-8,14H,2-3,9-12,16H2,1H3,(H,17,18). The van der Waals surface area contributed by atoms with Gasteiger partial charge in [0.1, 0.15) is 0 Å². The van der Waals surface area contributed by atoms with E-state index in [1.165, 1.54) is 0 Å². The van der Waals surface area contributed by atoms with Crippen molar-refractivity contribution in [1.82, 2.24) is 5.32 Å². The van der Waals surface area contributed by atoms with Crippen molar-refractivity contribution in [2.24, 2.45) is 5.73 Å². The molecule has 0 fully saturated rings. The molecule has 1 unspecified atom stereocenters. The number of benzene rings is 1. The fourth-order valence-corrected chi connectivity index (χ4v) is 1.80. The molecule has 1 aromatic rings. The van der Waals surface area contributed by atoms with Crippen molar-refractivity contribution in [2.75, 3.05) is 26.3 Å². The van der Waals surface area contributed by atoms with E-state index in [0.717, 1.165) is 25.0 Å². The third kappa shape index (κ3) is 5.85. The number of nitrogens with one attached hydrogen (secondary N) is 1. The Labute approximate surface area is 115 Å². The van der Waals surface area contributed by atoms with Crippen LogP contribution in [0.3, 0.4) is 0 Å². The molecule has 0 radical (unpaired) electrons. The van der Waals surface area contributed by atoms with Gasteiger partial charge in [-0.2, -0.15) is 0 Å². The number of amides is 1. The summed E-state index contributed by atoms with van der Waals surface area (Å²) in [5, 5.41) is 2.87. The molecule has 1 amide bonds. The largest absolute Gasteiger partial charge is 0.380 e. The van der Waals surface area contributed by atoms with Gasteiger partial charge in [-0.1, -0.05) is 43.7 Å². The summed E-state index contributed by atoms with van der Waals surface area (Å²) in [6.07, 6.45) is 2.18. The van der Waals surface area contributed by atoms with E-state index >= 15 is 0 Å². The van der Waals surface area contributed by atoms with Crippen LogP contribution in [0.25, 0.3) is 0 Å². The molecule has 3 N–H and O–H groups in total. The molecule has 4 heteroatoms. The summed E-state index contributed by atoms with van der Waals surface area (Å²) in [7, 11) is 0.